The van der Waals surface area contributed by atoms with Gasteiger partial charge in [0.25, 0.3) is 5.24 Å². The number of halogens is 5. The van der Waals surface area contributed by atoms with Crippen LogP contribution in [0, 0.1) is 17.1 Å². The van der Waals surface area contributed by atoms with Crippen molar-refractivity contribution in [3.8, 4) is 6.07 Å². The fraction of sp³-hybridized carbons (Fsp3) is 0.111. The van der Waals surface area contributed by atoms with Gasteiger partial charge in [0.1, 0.15) is 6.07 Å². The summed E-state index contributed by atoms with van der Waals surface area (Å²) in [6, 6.07) is 2.15. The molecule has 0 heterocycles. The first-order chi connectivity index (χ1) is 7.27. The van der Waals surface area contributed by atoms with E-state index in [2.05, 4.69) is 0 Å². The molecule has 1 rings (SSSR count). The van der Waals surface area contributed by atoms with E-state index in [0.717, 1.165) is 0 Å². The van der Waals surface area contributed by atoms with Crippen LogP contribution in [0.2, 0.25) is 0 Å². The average Bonchev–Trinajstić information content (AvgIpc) is 2.15. The van der Waals surface area contributed by atoms with Gasteiger partial charge in [-0.25, -0.2) is 4.39 Å². The summed E-state index contributed by atoms with van der Waals surface area (Å²) in [6.07, 6.45) is -4.99. The van der Waals surface area contributed by atoms with E-state index in [4.69, 9.17) is 16.9 Å². The summed E-state index contributed by atoms with van der Waals surface area (Å²) >= 11 is 4.97. The number of nitriles is 1. The highest BCUT2D eigenvalue weighted by atomic mass is 35.5. The van der Waals surface area contributed by atoms with Gasteiger partial charge in [0.2, 0.25) is 0 Å². The van der Waals surface area contributed by atoms with Gasteiger partial charge in [0, 0.05) is 5.56 Å². The maximum absolute atomic E-state index is 13.1. The number of hydrogen-bond donors (Lipinski definition) is 0. The minimum atomic E-state index is -4.99. The molecule has 0 radical (unpaired) electrons. The van der Waals surface area contributed by atoms with Gasteiger partial charge in [-0.05, 0) is 23.7 Å². The van der Waals surface area contributed by atoms with Crippen LogP contribution in [0.1, 0.15) is 21.5 Å². The predicted molar refractivity (Wildman–Crippen MR) is 46.3 cm³/mol. The average molecular weight is 252 g/mol. The van der Waals surface area contributed by atoms with Crippen molar-refractivity contribution >= 4 is 16.8 Å². The summed E-state index contributed by atoms with van der Waals surface area (Å²) in [7, 11) is 0. The molecule has 0 bridgehead atoms. The Kier molecular flexibility index (Phi) is 3.19. The highest BCUT2D eigenvalue weighted by molar-refractivity contribution is 6.67. The third kappa shape index (κ3) is 2.31. The van der Waals surface area contributed by atoms with Gasteiger partial charge < -0.3 is 0 Å². The topological polar surface area (TPSA) is 40.9 Å². The lowest BCUT2D eigenvalue weighted by Crippen LogP contribution is -2.11. The molecular weight excluding hydrogens is 250 g/mol. The first-order valence-corrected chi connectivity index (χ1v) is 4.16. The Morgan fingerprint density at radius 2 is 1.94 bits per heavy atom. The van der Waals surface area contributed by atoms with Crippen LogP contribution in [0.25, 0.3) is 0 Å². The molecule has 0 N–H and O–H groups in total. The summed E-state index contributed by atoms with van der Waals surface area (Å²) in [6.45, 7) is 0. The Balaban J connectivity index is 3.56. The Bertz CT molecular complexity index is 490. The number of alkyl halides is 3. The predicted octanol–water partition coefficient (Wildman–Crippen LogP) is 3.10. The van der Waals surface area contributed by atoms with Crippen LogP contribution < -0.4 is 0 Å². The highest BCUT2D eigenvalue weighted by Crippen LogP contribution is 2.33. The summed E-state index contributed by atoms with van der Waals surface area (Å²) in [4.78, 5) is 10.7. The van der Waals surface area contributed by atoms with Gasteiger partial charge in [0.05, 0.1) is 11.1 Å². The molecule has 0 saturated carbocycles. The number of nitrogens with zero attached hydrogens (tertiary/aromatic N) is 1. The van der Waals surface area contributed by atoms with Gasteiger partial charge in [-0.15, -0.1) is 0 Å². The zero-order valence-electron chi connectivity index (χ0n) is 7.40. The SMILES string of the molecule is N#Cc1cc(C(=O)Cl)cc(C(F)(F)F)c1F. The lowest BCUT2D eigenvalue weighted by Gasteiger charge is -2.09. The first-order valence-electron chi connectivity index (χ1n) is 3.78. The summed E-state index contributed by atoms with van der Waals surface area (Å²) < 4.78 is 50.0. The Hall–Kier alpha value is -1.61. The van der Waals surface area contributed by atoms with Crippen LogP contribution in [0.4, 0.5) is 17.6 Å². The molecule has 84 valence electrons. The normalized spacial score (nSPS) is 11.0. The standard InChI is InChI=1S/C9H2ClF4NO/c10-8(16)4-1-5(3-15)7(11)6(2-4)9(12,13)14/h1-2H. The van der Waals surface area contributed by atoms with E-state index < -0.39 is 33.9 Å². The summed E-state index contributed by atoms with van der Waals surface area (Å²) in [5.41, 5.74) is -3.14. The largest absolute Gasteiger partial charge is 0.419 e. The second-order valence-electron chi connectivity index (χ2n) is 2.77. The van der Waals surface area contributed by atoms with E-state index in [1.54, 1.807) is 0 Å². The van der Waals surface area contributed by atoms with Crippen LogP contribution in [-0.2, 0) is 6.18 Å². The molecular formula is C9H2ClF4NO. The van der Waals surface area contributed by atoms with E-state index in [1.807, 2.05) is 0 Å². The zero-order chi connectivity index (χ0) is 12.5. The van der Waals surface area contributed by atoms with Crippen LogP contribution >= 0.6 is 11.6 Å². The molecule has 0 atom stereocenters. The fourth-order valence-corrected chi connectivity index (χ4v) is 1.13. The van der Waals surface area contributed by atoms with Crippen LogP contribution in [-0.4, -0.2) is 5.24 Å². The Morgan fingerprint density at radius 1 is 1.38 bits per heavy atom. The molecule has 1 aromatic rings. The van der Waals surface area contributed by atoms with Crippen LogP contribution in [0.3, 0.4) is 0 Å². The van der Waals surface area contributed by atoms with E-state index in [9.17, 15) is 22.4 Å². The molecule has 0 amide bonds. The molecule has 0 aliphatic heterocycles. The molecule has 2 nitrogen and oxygen atoms in total. The maximum atomic E-state index is 13.1. The highest BCUT2D eigenvalue weighted by Gasteiger charge is 2.36. The minimum absolute atomic E-state index is 0.269. The van der Waals surface area contributed by atoms with E-state index in [-0.39, 0.29) is 6.07 Å². The molecule has 0 unspecified atom stereocenters. The zero-order valence-corrected chi connectivity index (χ0v) is 8.16. The van der Waals surface area contributed by atoms with Gasteiger partial charge >= 0.3 is 6.18 Å². The van der Waals surface area contributed by atoms with Gasteiger partial charge in [0.15, 0.2) is 5.82 Å². The maximum Gasteiger partial charge on any atom is 0.419 e. The van der Waals surface area contributed by atoms with Crippen molar-refractivity contribution in [2.75, 3.05) is 0 Å². The van der Waals surface area contributed by atoms with Gasteiger partial charge in [-0.2, -0.15) is 18.4 Å². The third-order valence-electron chi connectivity index (χ3n) is 1.73. The van der Waals surface area contributed by atoms with Gasteiger partial charge in [-0.3, -0.25) is 4.79 Å². The smallest absolute Gasteiger partial charge is 0.276 e. The van der Waals surface area contributed by atoms with E-state index >= 15 is 0 Å². The second-order valence-corrected chi connectivity index (χ2v) is 3.11. The molecule has 0 fully saturated rings. The fourth-order valence-electron chi connectivity index (χ4n) is 1.03. The monoisotopic (exact) mass is 251 g/mol. The van der Waals surface area contributed by atoms with Gasteiger partial charge in [-0.1, -0.05) is 0 Å². The van der Waals surface area contributed by atoms with Crippen molar-refractivity contribution in [3.63, 3.8) is 0 Å². The molecule has 0 aliphatic carbocycles. The molecule has 16 heavy (non-hydrogen) atoms. The summed E-state index contributed by atoms with van der Waals surface area (Å²) in [5, 5.41) is 7.21. The number of hydrogen-bond acceptors (Lipinski definition) is 2. The first kappa shape index (κ1) is 12.5. The molecule has 7 heteroatoms. The Labute approximate surface area is 92.0 Å². The van der Waals surface area contributed by atoms with E-state index in [1.165, 1.54) is 6.07 Å². The molecule has 1 aromatic carbocycles. The van der Waals surface area contributed by atoms with Crippen LogP contribution in [0.5, 0.6) is 0 Å². The second kappa shape index (κ2) is 4.10. The van der Waals surface area contributed by atoms with Crippen molar-refractivity contribution in [3.05, 3.63) is 34.6 Å². The third-order valence-corrected chi connectivity index (χ3v) is 1.94. The molecule has 0 aromatic heterocycles. The van der Waals surface area contributed by atoms with Crippen molar-refractivity contribution in [2.45, 2.75) is 6.18 Å². The number of carbonyl (C=O) groups excluding carboxylic acids is 1. The van der Waals surface area contributed by atoms with Crippen molar-refractivity contribution in [1.29, 1.82) is 5.26 Å². The lowest BCUT2D eigenvalue weighted by molar-refractivity contribution is -0.140. The summed E-state index contributed by atoms with van der Waals surface area (Å²) in [5.74, 6) is -1.71. The van der Waals surface area contributed by atoms with Crippen molar-refractivity contribution in [1.82, 2.24) is 0 Å². The Morgan fingerprint density at radius 3 is 2.31 bits per heavy atom. The molecule has 0 spiro atoms. The molecule has 0 saturated heterocycles. The van der Waals surface area contributed by atoms with Crippen molar-refractivity contribution < 1.29 is 22.4 Å². The van der Waals surface area contributed by atoms with Crippen LogP contribution in [0.15, 0.2) is 12.1 Å². The number of benzene rings is 1. The number of carbonyl (C=O) groups is 1. The lowest BCUT2D eigenvalue weighted by atomic mass is 10.1. The van der Waals surface area contributed by atoms with Crippen molar-refractivity contribution in [2.24, 2.45) is 0 Å². The number of rotatable bonds is 1. The van der Waals surface area contributed by atoms with E-state index in [0.29, 0.717) is 6.07 Å². The minimum Gasteiger partial charge on any atom is -0.276 e. The molecule has 0 aliphatic rings. The quantitative estimate of drug-likeness (QED) is 0.568.